The lowest BCUT2D eigenvalue weighted by Gasteiger charge is -2.44. The highest BCUT2D eigenvalue weighted by molar-refractivity contribution is 5.94. The predicted molar refractivity (Wildman–Crippen MR) is 97.6 cm³/mol. The number of carbonyl (C=O) groups is 2. The zero-order valence-corrected chi connectivity index (χ0v) is 15.1. The lowest BCUT2D eigenvalue weighted by molar-refractivity contribution is 0.0375. The SMILES string of the molecule is O=C(c1ccc2nnnn2c1)N1CCN2C(=O)OCC2(Cc2ccccc2)C1. The molecule has 2 aliphatic heterocycles. The van der Waals surface area contributed by atoms with Crippen LogP contribution < -0.4 is 0 Å². The molecule has 0 bridgehead atoms. The van der Waals surface area contributed by atoms with Crippen molar-refractivity contribution in [3.05, 3.63) is 59.8 Å². The van der Waals surface area contributed by atoms with Crippen molar-refractivity contribution in [2.45, 2.75) is 12.0 Å². The Morgan fingerprint density at radius 1 is 1.14 bits per heavy atom. The van der Waals surface area contributed by atoms with E-state index in [1.807, 2.05) is 30.3 Å². The number of nitrogens with zero attached hydrogens (tertiary/aromatic N) is 6. The molecule has 0 saturated carbocycles. The highest BCUT2D eigenvalue weighted by Gasteiger charge is 2.51. The highest BCUT2D eigenvalue weighted by Crippen LogP contribution is 2.32. The molecule has 5 rings (SSSR count). The fraction of sp³-hybridized carbons (Fsp3) is 0.316. The summed E-state index contributed by atoms with van der Waals surface area (Å²) in [5, 5.41) is 11.3. The smallest absolute Gasteiger partial charge is 0.410 e. The summed E-state index contributed by atoms with van der Waals surface area (Å²) in [4.78, 5) is 28.9. The average Bonchev–Trinajstić information content (AvgIpc) is 3.32. The van der Waals surface area contributed by atoms with E-state index >= 15 is 0 Å². The summed E-state index contributed by atoms with van der Waals surface area (Å²) in [7, 11) is 0. The van der Waals surface area contributed by atoms with E-state index in [1.165, 1.54) is 4.52 Å². The molecule has 28 heavy (non-hydrogen) atoms. The van der Waals surface area contributed by atoms with Crippen LogP contribution in [0, 0.1) is 0 Å². The topological polar surface area (TPSA) is 92.9 Å². The molecule has 1 unspecified atom stereocenters. The van der Waals surface area contributed by atoms with Gasteiger partial charge >= 0.3 is 6.09 Å². The quantitative estimate of drug-likeness (QED) is 0.675. The predicted octanol–water partition coefficient (Wildman–Crippen LogP) is 1.01. The summed E-state index contributed by atoms with van der Waals surface area (Å²) in [6, 6.07) is 13.4. The van der Waals surface area contributed by atoms with Crippen LogP contribution in [0.3, 0.4) is 0 Å². The minimum absolute atomic E-state index is 0.108. The first-order valence-corrected chi connectivity index (χ1v) is 9.10. The summed E-state index contributed by atoms with van der Waals surface area (Å²) < 4.78 is 6.85. The third kappa shape index (κ3) is 2.67. The minimum Gasteiger partial charge on any atom is -0.447 e. The van der Waals surface area contributed by atoms with Gasteiger partial charge in [0.1, 0.15) is 12.1 Å². The van der Waals surface area contributed by atoms with E-state index in [0.717, 1.165) is 5.56 Å². The van der Waals surface area contributed by atoms with E-state index in [1.54, 1.807) is 28.1 Å². The van der Waals surface area contributed by atoms with Gasteiger partial charge in [0, 0.05) is 32.3 Å². The fourth-order valence-corrected chi connectivity index (χ4v) is 4.06. The number of piperazine rings is 1. The molecule has 3 aromatic rings. The number of aromatic nitrogens is 4. The van der Waals surface area contributed by atoms with Gasteiger partial charge in [0.2, 0.25) is 0 Å². The van der Waals surface area contributed by atoms with Crippen molar-refractivity contribution in [1.82, 2.24) is 29.8 Å². The number of tetrazole rings is 1. The molecule has 9 heteroatoms. The average molecular weight is 378 g/mol. The number of benzene rings is 1. The summed E-state index contributed by atoms with van der Waals surface area (Å²) in [5.74, 6) is -0.108. The van der Waals surface area contributed by atoms with E-state index in [0.29, 0.717) is 37.3 Å². The molecule has 2 saturated heterocycles. The van der Waals surface area contributed by atoms with Crippen molar-refractivity contribution >= 4 is 17.6 Å². The lowest BCUT2D eigenvalue weighted by Crippen LogP contribution is -2.63. The van der Waals surface area contributed by atoms with Gasteiger partial charge in [-0.2, -0.15) is 4.52 Å². The van der Waals surface area contributed by atoms with Gasteiger partial charge < -0.3 is 9.64 Å². The van der Waals surface area contributed by atoms with Gasteiger partial charge in [-0.05, 0) is 28.1 Å². The van der Waals surface area contributed by atoms with Crippen LogP contribution in [-0.4, -0.2) is 73.6 Å². The Balaban J connectivity index is 1.43. The van der Waals surface area contributed by atoms with Crippen molar-refractivity contribution in [2.75, 3.05) is 26.2 Å². The normalized spacial score (nSPS) is 21.6. The fourth-order valence-electron chi connectivity index (χ4n) is 4.06. The molecule has 0 radical (unpaired) electrons. The molecule has 0 N–H and O–H groups in total. The summed E-state index contributed by atoms with van der Waals surface area (Å²) >= 11 is 0. The summed E-state index contributed by atoms with van der Waals surface area (Å²) in [6.07, 6.45) is 1.96. The van der Waals surface area contributed by atoms with Gasteiger partial charge in [0.15, 0.2) is 5.65 Å². The Kier molecular flexibility index (Phi) is 3.75. The highest BCUT2D eigenvalue weighted by atomic mass is 16.6. The number of amides is 2. The van der Waals surface area contributed by atoms with Crippen LogP contribution in [0.5, 0.6) is 0 Å². The first-order valence-electron chi connectivity index (χ1n) is 9.10. The standard InChI is InChI=1S/C19H18N6O3/c26-17(15-6-7-16-20-21-22-25(16)11-15)23-8-9-24-18(27)28-13-19(24,12-23)10-14-4-2-1-3-5-14/h1-7,11H,8-10,12-13H2. The first kappa shape index (κ1) is 16.7. The maximum Gasteiger partial charge on any atom is 0.410 e. The molecule has 1 atom stereocenters. The van der Waals surface area contributed by atoms with Gasteiger partial charge in [-0.15, -0.1) is 5.10 Å². The van der Waals surface area contributed by atoms with Gasteiger partial charge in [0.25, 0.3) is 5.91 Å². The number of ether oxygens (including phenoxy) is 1. The second-order valence-corrected chi connectivity index (χ2v) is 7.22. The van der Waals surface area contributed by atoms with Crippen molar-refractivity contribution in [3.8, 4) is 0 Å². The zero-order chi connectivity index (χ0) is 19.1. The van der Waals surface area contributed by atoms with E-state index in [-0.39, 0.29) is 18.6 Å². The second kappa shape index (κ2) is 6.29. The Morgan fingerprint density at radius 2 is 2.00 bits per heavy atom. The van der Waals surface area contributed by atoms with Crippen LogP contribution in [0.15, 0.2) is 48.7 Å². The van der Waals surface area contributed by atoms with Crippen LogP contribution in [0.25, 0.3) is 5.65 Å². The van der Waals surface area contributed by atoms with E-state index in [2.05, 4.69) is 15.5 Å². The Labute approximate surface area is 160 Å². The molecule has 142 valence electrons. The second-order valence-electron chi connectivity index (χ2n) is 7.22. The van der Waals surface area contributed by atoms with Gasteiger partial charge in [-0.3, -0.25) is 9.69 Å². The van der Waals surface area contributed by atoms with Crippen LogP contribution in [-0.2, 0) is 11.2 Å². The number of hydrogen-bond acceptors (Lipinski definition) is 6. The summed E-state index contributed by atoms with van der Waals surface area (Å²) in [6.45, 7) is 1.60. The van der Waals surface area contributed by atoms with Crippen LogP contribution in [0.2, 0.25) is 0 Å². The van der Waals surface area contributed by atoms with E-state index < -0.39 is 5.54 Å². The monoisotopic (exact) mass is 378 g/mol. The number of cyclic esters (lactones) is 1. The Morgan fingerprint density at radius 3 is 2.86 bits per heavy atom. The van der Waals surface area contributed by atoms with Gasteiger partial charge in [-0.25, -0.2) is 4.79 Å². The third-order valence-electron chi connectivity index (χ3n) is 5.44. The molecule has 2 aromatic heterocycles. The van der Waals surface area contributed by atoms with Crippen molar-refractivity contribution in [1.29, 1.82) is 0 Å². The number of hydrogen-bond donors (Lipinski definition) is 0. The van der Waals surface area contributed by atoms with Crippen molar-refractivity contribution < 1.29 is 14.3 Å². The molecule has 2 fully saturated rings. The van der Waals surface area contributed by atoms with Crippen LogP contribution in [0.4, 0.5) is 4.79 Å². The van der Waals surface area contributed by atoms with E-state index in [4.69, 9.17) is 4.74 Å². The zero-order valence-electron chi connectivity index (χ0n) is 15.1. The molecular weight excluding hydrogens is 360 g/mol. The molecule has 2 amide bonds. The van der Waals surface area contributed by atoms with Crippen molar-refractivity contribution in [3.63, 3.8) is 0 Å². The van der Waals surface area contributed by atoms with Crippen LogP contribution >= 0.6 is 0 Å². The molecule has 0 aliphatic carbocycles. The molecule has 1 aromatic carbocycles. The molecular formula is C19H18N6O3. The molecule has 0 spiro atoms. The maximum atomic E-state index is 13.1. The third-order valence-corrected chi connectivity index (χ3v) is 5.44. The molecule has 4 heterocycles. The number of carbonyl (C=O) groups excluding carboxylic acids is 2. The van der Waals surface area contributed by atoms with Crippen molar-refractivity contribution in [2.24, 2.45) is 0 Å². The lowest BCUT2D eigenvalue weighted by atomic mass is 9.88. The van der Waals surface area contributed by atoms with Gasteiger partial charge in [-0.1, -0.05) is 30.3 Å². The van der Waals surface area contributed by atoms with Crippen LogP contribution in [0.1, 0.15) is 15.9 Å². The largest absolute Gasteiger partial charge is 0.447 e. The number of fused-ring (bicyclic) bond motifs is 2. The summed E-state index contributed by atoms with van der Waals surface area (Å²) in [5.41, 5.74) is 1.64. The van der Waals surface area contributed by atoms with Gasteiger partial charge in [0.05, 0.1) is 5.56 Å². The molecule has 9 nitrogen and oxygen atoms in total. The number of rotatable bonds is 3. The number of pyridine rings is 1. The maximum absolute atomic E-state index is 13.1. The van der Waals surface area contributed by atoms with E-state index in [9.17, 15) is 9.59 Å². The Bertz CT molecular complexity index is 1050. The molecule has 2 aliphatic rings. The minimum atomic E-state index is -0.550. The Hall–Kier alpha value is -3.49. The first-order chi connectivity index (χ1) is 13.6.